The zero-order valence-electron chi connectivity index (χ0n) is 8.80. The first-order valence-corrected chi connectivity index (χ1v) is 6.10. The lowest BCUT2D eigenvalue weighted by Crippen LogP contribution is -2.05. The molecular weight excluding hydrogens is 271 g/mol. The second-order valence-corrected chi connectivity index (χ2v) is 4.95. The first kappa shape index (κ1) is 11.5. The summed E-state index contributed by atoms with van der Waals surface area (Å²) in [7, 11) is 0. The highest BCUT2D eigenvalue weighted by Crippen LogP contribution is 2.22. The maximum atomic E-state index is 13.6. The number of hydrogen-bond donors (Lipinski definition) is 0. The smallest absolute Gasteiger partial charge is 0.155 e. The number of ketones is 1. The van der Waals surface area contributed by atoms with E-state index in [4.69, 9.17) is 0 Å². The molecule has 0 heterocycles. The molecule has 1 aromatic rings. The quantitative estimate of drug-likeness (QED) is 0.806. The summed E-state index contributed by atoms with van der Waals surface area (Å²) in [4.78, 5) is 11.2. The summed E-state index contributed by atoms with van der Waals surface area (Å²) in [5.41, 5.74) is 1.70. The van der Waals surface area contributed by atoms with Crippen molar-refractivity contribution in [2.24, 2.45) is 0 Å². The van der Waals surface area contributed by atoms with Crippen LogP contribution >= 0.6 is 15.9 Å². The minimum atomic E-state index is -0.215. The van der Waals surface area contributed by atoms with Crippen LogP contribution in [0.3, 0.4) is 0 Å². The van der Waals surface area contributed by atoms with Gasteiger partial charge in [-0.05, 0) is 43.0 Å². The molecule has 0 aromatic heterocycles. The molecule has 0 atom stereocenters. The van der Waals surface area contributed by atoms with Crippen LogP contribution in [0.2, 0.25) is 0 Å². The van der Waals surface area contributed by atoms with Crippen LogP contribution in [0.1, 0.15) is 24.8 Å². The molecule has 0 N–H and O–H groups in total. The molecule has 1 aliphatic carbocycles. The SMILES string of the molecule is O=C1C=C(Cc2ccc(Br)cc2F)CCC1. The van der Waals surface area contributed by atoms with Gasteiger partial charge in [0.25, 0.3) is 0 Å². The van der Waals surface area contributed by atoms with E-state index in [9.17, 15) is 9.18 Å². The normalized spacial score (nSPS) is 16.1. The molecule has 0 saturated carbocycles. The van der Waals surface area contributed by atoms with Crippen LogP contribution in [-0.2, 0) is 11.2 Å². The molecule has 1 aromatic carbocycles. The lowest BCUT2D eigenvalue weighted by molar-refractivity contribution is -0.115. The fraction of sp³-hybridized carbons (Fsp3) is 0.308. The van der Waals surface area contributed by atoms with Crippen molar-refractivity contribution in [3.8, 4) is 0 Å². The van der Waals surface area contributed by atoms with E-state index in [0.717, 1.165) is 22.9 Å². The first-order valence-electron chi connectivity index (χ1n) is 5.31. The van der Waals surface area contributed by atoms with Crippen molar-refractivity contribution in [1.29, 1.82) is 0 Å². The highest BCUT2D eigenvalue weighted by Gasteiger charge is 2.12. The van der Waals surface area contributed by atoms with E-state index in [1.165, 1.54) is 6.07 Å². The highest BCUT2D eigenvalue weighted by atomic mass is 79.9. The number of allylic oxidation sites excluding steroid dienone is 2. The molecule has 0 amide bonds. The standard InChI is InChI=1S/C13H12BrFO/c14-11-5-4-10(13(15)8-11)6-9-2-1-3-12(16)7-9/h4-5,7-8H,1-3,6H2. The van der Waals surface area contributed by atoms with Gasteiger partial charge in [-0.3, -0.25) is 4.79 Å². The molecule has 0 fully saturated rings. The van der Waals surface area contributed by atoms with E-state index in [1.807, 2.05) is 6.07 Å². The molecule has 84 valence electrons. The van der Waals surface area contributed by atoms with Crippen molar-refractivity contribution in [3.05, 3.63) is 45.7 Å². The third-order valence-corrected chi connectivity index (χ3v) is 3.21. The summed E-state index contributed by atoms with van der Waals surface area (Å²) in [6, 6.07) is 5.05. The summed E-state index contributed by atoms with van der Waals surface area (Å²) in [5, 5.41) is 0. The van der Waals surface area contributed by atoms with E-state index < -0.39 is 0 Å². The predicted molar refractivity (Wildman–Crippen MR) is 64.7 cm³/mol. The van der Waals surface area contributed by atoms with Gasteiger partial charge in [-0.2, -0.15) is 0 Å². The molecule has 0 aliphatic heterocycles. The molecular formula is C13H12BrFO. The van der Waals surface area contributed by atoms with Gasteiger partial charge in [-0.25, -0.2) is 4.39 Å². The van der Waals surface area contributed by atoms with E-state index in [-0.39, 0.29) is 11.6 Å². The average molecular weight is 283 g/mol. The molecule has 3 heteroatoms. The second kappa shape index (κ2) is 4.91. The van der Waals surface area contributed by atoms with Crippen molar-refractivity contribution < 1.29 is 9.18 Å². The minimum absolute atomic E-state index is 0.166. The van der Waals surface area contributed by atoms with Gasteiger partial charge in [0.1, 0.15) is 5.82 Å². The summed E-state index contributed by atoms with van der Waals surface area (Å²) in [6.07, 6.45) is 4.65. The number of benzene rings is 1. The number of halogens is 2. The Morgan fingerprint density at radius 1 is 1.31 bits per heavy atom. The van der Waals surface area contributed by atoms with Crippen molar-refractivity contribution in [1.82, 2.24) is 0 Å². The Kier molecular flexibility index (Phi) is 3.54. The Bertz CT molecular complexity index is 451. The summed E-state index contributed by atoms with van der Waals surface area (Å²) in [6.45, 7) is 0. The van der Waals surface area contributed by atoms with Gasteiger partial charge in [0.05, 0.1) is 0 Å². The van der Waals surface area contributed by atoms with Gasteiger partial charge >= 0.3 is 0 Å². The summed E-state index contributed by atoms with van der Waals surface area (Å²) >= 11 is 3.22. The molecule has 0 unspecified atom stereocenters. The maximum absolute atomic E-state index is 13.6. The largest absolute Gasteiger partial charge is 0.295 e. The molecule has 0 saturated heterocycles. The molecule has 2 rings (SSSR count). The Hall–Kier alpha value is -0.960. The third kappa shape index (κ3) is 2.79. The molecule has 0 radical (unpaired) electrons. The maximum Gasteiger partial charge on any atom is 0.155 e. The van der Waals surface area contributed by atoms with E-state index >= 15 is 0 Å². The van der Waals surface area contributed by atoms with Crippen LogP contribution in [0.15, 0.2) is 34.3 Å². The molecule has 0 bridgehead atoms. The van der Waals surface area contributed by atoms with Crippen molar-refractivity contribution in [2.45, 2.75) is 25.7 Å². The zero-order chi connectivity index (χ0) is 11.5. The lowest BCUT2D eigenvalue weighted by atomic mass is 9.93. The number of rotatable bonds is 2. The molecule has 1 aliphatic rings. The van der Waals surface area contributed by atoms with Gasteiger partial charge in [0.2, 0.25) is 0 Å². The number of carbonyl (C=O) groups excluding carboxylic acids is 1. The first-order chi connectivity index (χ1) is 7.65. The van der Waals surface area contributed by atoms with Crippen LogP contribution < -0.4 is 0 Å². The van der Waals surface area contributed by atoms with E-state index in [1.54, 1.807) is 12.1 Å². The third-order valence-electron chi connectivity index (χ3n) is 2.72. The fourth-order valence-electron chi connectivity index (χ4n) is 1.91. The number of hydrogen-bond acceptors (Lipinski definition) is 1. The Balaban J connectivity index is 2.17. The molecule has 0 spiro atoms. The van der Waals surface area contributed by atoms with Crippen molar-refractivity contribution in [3.63, 3.8) is 0 Å². The zero-order valence-corrected chi connectivity index (χ0v) is 10.4. The van der Waals surface area contributed by atoms with Crippen LogP contribution in [-0.4, -0.2) is 5.78 Å². The number of carbonyl (C=O) groups is 1. The predicted octanol–water partition coefficient (Wildman–Crippen LogP) is 3.81. The van der Waals surface area contributed by atoms with Crippen LogP contribution in [0.25, 0.3) is 0 Å². The molecule has 16 heavy (non-hydrogen) atoms. The van der Waals surface area contributed by atoms with Gasteiger partial charge in [-0.15, -0.1) is 0 Å². The van der Waals surface area contributed by atoms with E-state index in [2.05, 4.69) is 15.9 Å². The second-order valence-electron chi connectivity index (χ2n) is 4.03. The fourth-order valence-corrected chi connectivity index (χ4v) is 2.24. The Labute approximate surface area is 102 Å². The van der Waals surface area contributed by atoms with Crippen LogP contribution in [0.4, 0.5) is 4.39 Å². The van der Waals surface area contributed by atoms with Crippen LogP contribution in [0.5, 0.6) is 0 Å². The van der Waals surface area contributed by atoms with Crippen molar-refractivity contribution in [2.75, 3.05) is 0 Å². The average Bonchev–Trinajstić information content (AvgIpc) is 2.22. The van der Waals surface area contributed by atoms with Crippen LogP contribution in [0, 0.1) is 5.82 Å². The van der Waals surface area contributed by atoms with Gasteiger partial charge in [-0.1, -0.05) is 27.6 Å². The monoisotopic (exact) mass is 282 g/mol. The minimum Gasteiger partial charge on any atom is -0.295 e. The Morgan fingerprint density at radius 2 is 2.12 bits per heavy atom. The van der Waals surface area contributed by atoms with Gasteiger partial charge in [0, 0.05) is 10.9 Å². The topological polar surface area (TPSA) is 17.1 Å². The van der Waals surface area contributed by atoms with Gasteiger partial charge < -0.3 is 0 Å². The Morgan fingerprint density at radius 3 is 2.81 bits per heavy atom. The highest BCUT2D eigenvalue weighted by molar-refractivity contribution is 9.10. The van der Waals surface area contributed by atoms with Gasteiger partial charge in [0.15, 0.2) is 5.78 Å². The van der Waals surface area contributed by atoms with Crippen molar-refractivity contribution >= 4 is 21.7 Å². The molecule has 1 nitrogen and oxygen atoms in total. The summed E-state index contributed by atoms with van der Waals surface area (Å²) < 4.78 is 14.3. The summed E-state index contributed by atoms with van der Waals surface area (Å²) in [5.74, 6) is -0.0490. The lowest BCUT2D eigenvalue weighted by Gasteiger charge is -2.12. The van der Waals surface area contributed by atoms with E-state index in [0.29, 0.717) is 18.4 Å².